The van der Waals surface area contributed by atoms with Crippen LogP contribution in [0, 0.1) is 0 Å². The van der Waals surface area contributed by atoms with Gasteiger partial charge in [0.15, 0.2) is 0 Å². The van der Waals surface area contributed by atoms with Crippen LogP contribution in [0.2, 0.25) is 5.02 Å². The van der Waals surface area contributed by atoms with Crippen molar-refractivity contribution in [2.45, 2.75) is 13.3 Å². The van der Waals surface area contributed by atoms with Gasteiger partial charge in [0.25, 0.3) is 5.91 Å². The smallest absolute Gasteiger partial charge is 0.339 e. The summed E-state index contributed by atoms with van der Waals surface area (Å²) in [6.07, 6.45) is 3.74. The lowest BCUT2D eigenvalue weighted by Gasteiger charge is -2.10. The van der Waals surface area contributed by atoms with Gasteiger partial charge in [0.2, 0.25) is 0 Å². The lowest BCUT2D eigenvalue weighted by Crippen LogP contribution is -2.34. The van der Waals surface area contributed by atoms with Crippen LogP contribution in [0.3, 0.4) is 0 Å². The van der Waals surface area contributed by atoms with Crippen molar-refractivity contribution in [3.8, 4) is 0 Å². The van der Waals surface area contributed by atoms with Gasteiger partial charge in [0.05, 0.1) is 28.2 Å². The van der Waals surface area contributed by atoms with Crippen molar-refractivity contribution >= 4 is 46.2 Å². The molecule has 0 aliphatic heterocycles. The van der Waals surface area contributed by atoms with Crippen LogP contribution in [0.4, 0.5) is 10.5 Å². The van der Waals surface area contributed by atoms with E-state index >= 15 is 0 Å². The molecule has 0 aliphatic rings. The third-order valence-corrected chi connectivity index (χ3v) is 4.17. The lowest BCUT2D eigenvalue weighted by atomic mass is 10.2. The highest BCUT2D eigenvalue weighted by Crippen LogP contribution is 2.21. The van der Waals surface area contributed by atoms with Crippen molar-refractivity contribution in [2.24, 2.45) is 0 Å². The zero-order chi connectivity index (χ0) is 20.8. The monoisotopic (exact) mass is 412 g/mol. The molecule has 1 aromatic heterocycles. The molecule has 0 bridgehead atoms. The number of hydrogen-bond donors (Lipinski definition) is 2. The maximum Gasteiger partial charge on any atom is 0.339 e. The van der Waals surface area contributed by atoms with Crippen LogP contribution >= 0.6 is 11.6 Å². The molecule has 0 aliphatic carbocycles. The molecule has 0 spiro atoms. The summed E-state index contributed by atoms with van der Waals surface area (Å²) in [5.41, 5.74) is 1.84. The molecule has 1 heterocycles. The summed E-state index contributed by atoms with van der Waals surface area (Å²) >= 11 is 6.02. The fraction of sp³-hybridized carbons (Fsp3) is 0.150. The number of esters is 1. The quantitative estimate of drug-likeness (QED) is 0.616. The first-order valence-electron chi connectivity index (χ1n) is 8.77. The summed E-state index contributed by atoms with van der Waals surface area (Å²) in [5.74, 6) is -1.19. The van der Waals surface area contributed by atoms with Crippen molar-refractivity contribution < 1.29 is 19.1 Å². The van der Waals surface area contributed by atoms with E-state index in [1.807, 2.05) is 6.92 Å². The predicted molar refractivity (Wildman–Crippen MR) is 108 cm³/mol. The number of fused-ring (bicyclic) bond motifs is 1. The third-order valence-electron chi connectivity index (χ3n) is 3.84. The molecule has 0 saturated carbocycles. The minimum atomic E-state index is -0.760. The number of imide groups is 1. The van der Waals surface area contributed by atoms with Gasteiger partial charge in [0, 0.05) is 23.6 Å². The van der Waals surface area contributed by atoms with Crippen LogP contribution in [-0.2, 0) is 4.74 Å². The molecule has 0 fully saturated rings. The maximum absolute atomic E-state index is 12.3. The van der Waals surface area contributed by atoms with E-state index in [4.69, 9.17) is 16.3 Å². The van der Waals surface area contributed by atoms with Gasteiger partial charge >= 0.3 is 12.0 Å². The van der Waals surface area contributed by atoms with Crippen molar-refractivity contribution in [3.63, 3.8) is 0 Å². The normalized spacial score (nSPS) is 10.4. The summed E-state index contributed by atoms with van der Waals surface area (Å²) < 4.78 is 5.06. The predicted octanol–water partition coefficient (Wildman–Crippen LogP) is 3.81. The van der Waals surface area contributed by atoms with Crippen molar-refractivity contribution in [3.05, 3.63) is 64.9 Å². The Balaban J connectivity index is 1.68. The minimum Gasteiger partial charge on any atom is -0.462 e. The van der Waals surface area contributed by atoms with Crippen molar-refractivity contribution in [1.82, 2.24) is 15.3 Å². The largest absolute Gasteiger partial charge is 0.462 e. The number of ether oxygens (including phenoxy) is 1. The fourth-order valence-electron chi connectivity index (χ4n) is 2.47. The Morgan fingerprint density at radius 3 is 2.55 bits per heavy atom. The molecule has 148 valence electrons. The first-order valence-corrected chi connectivity index (χ1v) is 9.15. The highest BCUT2D eigenvalue weighted by Gasteiger charge is 2.15. The number of carbonyl (C=O) groups is 3. The number of rotatable bonds is 5. The van der Waals surface area contributed by atoms with E-state index in [0.717, 1.165) is 0 Å². The van der Waals surface area contributed by atoms with Crippen LogP contribution in [-0.4, -0.2) is 34.5 Å². The molecule has 0 radical (unpaired) electrons. The van der Waals surface area contributed by atoms with Crippen LogP contribution in [0.25, 0.3) is 11.0 Å². The Hall–Kier alpha value is -3.52. The fourth-order valence-corrected chi connectivity index (χ4v) is 2.67. The molecule has 0 unspecified atom stereocenters. The first kappa shape index (κ1) is 20.2. The molecule has 29 heavy (non-hydrogen) atoms. The summed E-state index contributed by atoms with van der Waals surface area (Å²) in [6, 6.07) is 8.32. The summed E-state index contributed by atoms with van der Waals surface area (Å²) in [6.45, 7) is 2.13. The molecule has 2 aromatic carbocycles. The van der Waals surface area contributed by atoms with Gasteiger partial charge in [-0.25, -0.2) is 9.59 Å². The Bertz CT molecular complexity index is 1090. The second kappa shape index (κ2) is 9.11. The number of nitrogens with zero attached hydrogens (tertiary/aromatic N) is 2. The van der Waals surface area contributed by atoms with E-state index < -0.39 is 17.9 Å². The molecule has 3 amide bonds. The number of halogens is 1. The Morgan fingerprint density at radius 2 is 1.79 bits per heavy atom. The highest BCUT2D eigenvalue weighted by atomic mass is 35.5. The van der Waals surface area contributed by atoms with E-state index in [0.29, 0.717) is 17.5 Å². The SMILES string of the molecule is CCCOC(=O)c1cc(NC(=O)NC(=O)c2ccc3nccnc3c2)ccc1Cl. The number of amides is 3. The second-order valence-corrected chi connectivity index (χ2v) is 6.41. The zero-order valence-corrected chi connectivity index (χ0v) is 16.2. The Labute approximate surface area is 171 Å². The number of benzene rings is 2. The summed E-state index contributed by atoms with van der Waals surface area (Å²) in [4.78, 5) is 44.8. The first-order chi connectivity index (χ1) is 14.0. The summed E-state index contributed by atoms with van der Waals surface area (Å²) in [7, 11) is 0. The van der Waals surface area contributed by atoms with Gasteiger partial charge in [-0.2, -0.15) is 0 Å². The zero-order valence-electron chi connectivity index (χ0n) is 15.4. The van der Waals surface area contributed by atoms with Gasteiger partial charge in [-0.3, -0.25) is 20.1 Å². The molecule has 3 aromatic rings. The van der Waals surface area contributed by atoms with E-state index in [2.05, 4.69) is 20.6 Å². The summed E-state index contributed by atoms with van der Waals surface area (Å²) in [5, 5.41) is 4.91. The van der Waals surface area contributed by atoms with E-state index in [9.17, 15) is 14.4 Å². The molecule has 2 N–H and O–H groups in total. The molecule has 3 rings (SSSR count). The third kappa shape index (κ3) is 5.05. The average Bonchev–Trinajstić information content (AvgIpc) is 2.72. The van der Waals surface area contributed by atoms with Gasteiger partial charge < -0.3 is 10.1 Å². The number of hydrogen-bond acceptors (Lipinski definition) is 6. The van der Waals surface area contributed by atoms with Crippen LogP contribution in [0.15, 0.2) is 48.8 Å². The van der Waals surface area contributed by atoms with E-state index in [1.165, 1.54) is 30.5 Å². The average molecular weight is 413 g/mol. The minimum absolute atomic E-state index is 0.123. The van der Waals surface area contributed by atoms with Gasteiger partial charge in [-0.15, -0.1) is 0 Å². The standard InChI is InChI=1S/C20H17ClN4O4/c1-2-9-29-19(27)14-11-13(4-5-15(14)21)24-20(28)25-18(26)12-3-6-16-17(10-12)23-8-7-22-16/h3-8,10-11H,2,9H2,1H3,(H2,24,25,26,28). The highest BCUT2D eigenvalue weighted by molar-refractivity contribution is 6.33. The number of anilines is 1. The number of aromatic nitrogens is 2. The molecular formula is C20H17ClN4O4. The number of nitrogens with one attached hydrogen (secondary N) is 2. The number of urea groups is 1. The Morgan fingerprint density at radius 1 is 1.03 bits per heavy atom. The second-order valence-electron chi connectivity index (χ2n) is 6.00. The molecule has 9 heteroatoms. The topological polar surface area (TPSA) is 110 Å². The maximum atomic E-state index is 12.3. The van der Waals surface area contributed by atoms with Crippen molar-refractivity contribution in [2.75, 3.05) is 11.9 Å². The number of carbonyl (C=O) groups excluding carboxylic acids is 3. The molecule has 8 nitrogen and oxygen atoms in total. The van der Waals surface area contributed by atoms with Crippen LogP contribution in [0.1, 0.15) is 34.1 Å². The van der Waals surface area contributed by atoms with Crippen LogP contribution < -0.4 is 10.6 Å². The Kier molecular flexibility index (Phi) is 6.36. The van der Waals surface area contributed by atoms with Gasteiger partial charge in [-0.05, 0) is 42.8 Å². The van der Waals surface area contributed by atoms with Gasteiger partial charge in [-0.1, -0.05) is 18.5 Å². The lowest BCUT2D eigenvalue weighted by molar-refractivity contribution is 0.0505. The van der Waals surface area contributed by atoms with Crippen molar-refractivity contribution in [1.29, 1.82) is 0 Å². The van der Waals surface area contributed by atoms with Crippen LogP contribution in [0.5, 0.6) is 0 Å². The molecule has 0 atom stereocenters. The van der Waals surface area contributed by atoms with E-state index in [1.54, 1.807) is 18.3 Å². The van der Waals surface area contributed by atoms with Gasteiger partial charge in [0.1, 0.15) is 0 Å². The van der Waals surface area contributed by atoms with E-state index in [-0.39, 0.29) is 28.4 Å². The molecule has 0 saturated heterocycles. The molecular weight excluding hydrogens is 396 g/mol.